The van der Waals surface area contributed by atoms with Gasteiger partial charge in [0.05, 0.1) is 22.8 Å². The quantitative estimate of drug-likeness (QED) is 0.701. The van der Waals surface area contributed by atoms with Crippen molar-refractivity contribution < 1.29 is 9.59 Å². The molecule has 0 saturated heterocycles. The topological polar surface area (TPSA) is 74.8 Å². The molecule has 0 spiro atoms. The molecule has 0 bridgehead atoms. The summed E-state index contributed by atoms with van der Waals surface area (Å²) in [6.07, 6.45) is 0. The number of benzene rings is 2. The van der Waals surface area contributed by atoms with E-state index in [4.69, 9.17) is 11.6 Å². The zero-order chi connectivity index (χ0) is 16.9. The Kier molecular flexibility index (Phi) is 4.72. The zero-order valence-electron chi connectivity index (χ0n) is 12.6. The summed E-state index contributed by atoms with van der Waals surface area (Å²) >= 11 is 5.99. The molecule has 1 amide bonds. The standard InChI is InChI=1S/C18H14ClN3O2/c19-15-9-5-4-8-14(15)18(24)20-11-13-10-16(22-21-13)17(23)12-6-2-1-3-7-12/h1-10H,11H2,(H,20,24)(H,21,22). The van der Waals surface area contributed by atoms with Crippen molar-refractivity contribution in [1.29, 1.82) is 0 Å². The van der Waals surface area contributed by atoms with E-state index >= 15 is 0 Å². The Morgan fingerprint density at radius 2 is 1.75 bits per heavy atom. The van der Waals surface area contributed by atoms with Gasteiger partial charge >= 0.3 is 0 Å². The lowest BCUT2D eigenvalue weighted by atomic mass is 10.1. The highest BCUT2D eigenvalue weighted by atomic mass is 35.5. The summed E-state index contributed by atoms with van der Waals surface area (Å²) in [5.74, 6) is -0.457. The first-order valence-corrected chi connectivity index (χ1v) is 7.69. The van der Waals surface area contributed by atoms with Gasteiger partial charge in [0.2, 0.25) is 5.78 Å². The number of rotatable bonds is 5. The number of H-pyrrole nitrogens is 1. The van der Waals surface area contributed by atoms with Crippen LogP contribution in [0.1, 0.15) is 32.1 Å². The molecule has 120 valence electrons. The number of hydrogen-bond acceptors (Lipinski definition) is 3. The van der Waals surface area contributed by atoms with Gasteiger partial charge in [0.25, 0.3) is 5.91 Å². The van der Waals surface area contributed by atoms with Crippen molar-refractivity contribution in [1.82, 2.24) is 15.5 Å². The molecule has 0 aliphatic carbocycles. The van der Waals surface area contributed by atoms with Crippen LogP contribution in [-0.4, -0.2) is 21.9 Å². The fraction of sp³-hybridized carbons (Fsp3) is 0.0556. The van der Waals surface area contributed by atoms with Gasteiger partial charge in [0, 0.05) is 5.56 Å². The Balaban J connectivity index is 1.66. The monoisotopic (exact) mass is 339 g/mol. The van der Waals surface area contributed by atoms with Crippen LogP contribution in [0, 0.1) is 0 Å². The van der Waals surface area contributed by atoms with E-state index in [-0.39, 0.29) is 18.2 Å². The van der Waals surface area contributed by atoms with E-state index in [1.807, 2.05) is 6.07 Å². The Morgan fingerprint density at radius 1 is 1.04 bits per heavy atom. The van der Waals surface area contributed by atoms with Gasteiger partial charge in [-0.05, 0) is 18.2 Å². The average Bonchev–Trinajstić information content (AvgIpc) is 3.09. The highest BCUT2D eigenvalue weighted by molar-refractivity contribution is 6.33. The number of carbonyl (C=O) groups excluding carboxylic acids is 2. The number of ketones is 1. The van der Waals surface area contributed by atoms with Crippen molar-refractivity contribution in [3.05, 3.63) is 88.2 Å². The molecule has 0 aliphatic heterocycles. The van der Waals surface area contributed by atoms with E-state index in [1.54, 1.807) is 54.6 Å². The molecule has 0 fully saturated rings. The molecule has 0 atom stereocenters. The molecular weight excluding hydrogens is 326 g/mol. The fourth-order valence-electron chi connectivity index (χ4n) is 2.22. The number of nitrogens with zero attached hydrogens (tertiary/aromatic N) is 1. The third-order valence-electron chi connectivity index (χ3n) is 3.46. The number of aromatic amines is 1. The summed E-state index contributed by atoms with van der Waals surface area (Å²) in [6, 6.07) is 17.3. The summed E-state index contributed by atoms with van der Waals surface area (Å²) in [5, 5.41) is 9.90. The first-order chi connectivity index (χ1) is 11.6. The molecule has 5 nitrogen and oxygen atoms in total. The number of halogens is 1. The third-order valence-corrected chi connectivity index (χ3v) is 3.79. The number of hydrogen-bond donors (Lipinski definition) is 2. The van der Waals surface area contributed by atoms with Crippen molar-refractivity contribution in [2.45, 2.75) is 6.54 Å². The molecule has 2 aromatic carbocycles. The van der Waals surface area contributed by atoms with Gasteiger partial charge in [-0.2, -0.15) is 5.10 Å². The van der Waals surface area contributed by atoms with Crippen LogP contribution in [0.4, 0.5) is 0 Å². The van der Waals surface area contributed by atoms with Crippen LogP contribution in [0.2, 0.25) is 5.02 Å². The number of nitrogens with one attached hydrogen (secondary N) is 2. The molecule has 3 aromatic rings. The van der Waals surface area contributed by atoms with Gasteiger partial charge in [0.1, 0.15) is 5.69 Å². The molecule has 1 aromatic heterocycles. The molecule has 0 unspecified atom stereocenters. The predicted octanol–water partition coefficient (Wildman–Crippen LogP) is 3.22. The Hall–Kier alpha value is -2.92. The lowest BCUT2D eigenvalue weighted by Crippen LogP contribution is -2.23. The van der Waals surface area contributed by atoms with Crippen molar-refractivity contribution in [3.8, 4) is 0 Å². The van der Waals surface area contributed by atoms with Crippen LogP contribution >= 0.6 is 11.6 Å². The maximum Gasteiger partial charge on any atom is 0.253 e. The first-order valence-electron chi connectivity index (χ1n) is 7.32. The van der Waals surface area contributed by atoms with E-state index in [2.05, 4.69) is 15.5 Å². The van der Waals surface area contributed by atoms with E-state index in [9.17, 15) is 9.59 Å². The second-order valence-electron chi connectivity index (χ2n) is 5.14. The molecule has 0 saturated carbocycles. The predicted molar refractivity (Wildman–Crippen MR) is 91.1 cm³/mol. The van der Waals surface area contributed by atoms with Gasteiger partial charge in [-0.25, -0.2) is 0 Å². The lowest BCUT2D eigenvalue weighted by Gasteiger charge is -2.04. The minimum Gasteiger partial charge on any atom is -0.346 e. The summed E-state index contributed by atoms with van der Waals surface area (Å²) < 4.78 is 0. The molecule has 0 aliphatic rings. The van der Waals surface area contributed by atoms with Crippen molar-refractivity contribution in [3.63, 3.8) is 0 Å². The number of amides is 1. The van der Waals surface area contributed by atoms with Crippen LogP contribution < -0.4 is 5.32 Å². The maximum absolute atomic E-state index is 12.3. The Bertz CT molecular complexity index is 875. The van der Waals surface area contributed by atoms with Crippen LogP contribution in [0.5, 0.6) is 0 Å². The SMILES string of the molecule is O=C(c1ccccc1)c1cc(CNC(=O)c2ccccc2Cl)[nH]n1. The summed E-state index contributed by atoms with van der Waals surface area (Å²) in [5.41, 5.74) is 1.91. The Labute approximate surface area is 143 Å². The van der Waals surface area contributed by atoms with Crippen molar-refractivity contribution >= 4 is 23.3 Å². The van der Waals surface area contributed by atoms with E-state index < -0.39 is 0 Å². The molecule has 6 heteroatoms. The zero-order valence-corrected chi connectivity index (χ0v) is 13.4. The first kappa shape index (κ1) is 16.0. The normalized spacial score (nSPS) is 10.4. The molecule has 24 heavy (non-hydrogen) atoms. The van der Waals surface area contributed by atoms with Crippen LogP contribution in [0.3, 0.4) is 0 Å². The fourth-order valence-corrected chi connectivity index (χ4v) is 2.44. The molecule has 2 N–H and O–H groups in total. The smallest absolute Gasteiger partial charge is 0.253 e. The minimum atomic E-state index is -0.286. The van der Waals surface area contributed by atoms with Gasteiger partial charge in [-0.1, -0.05) is 54.1 Å². The van der Waals surface area contributed by atoms with E-state index in [0.29, 0.717) is 27.5 Å². The minimum absolute atomic E-state index is 0.171. The third kappa shape index (κ3) is 3.52. The average molecular weight is 340 g/mol. The van der Waals surface area contributed by atoms with Crippen molar-refractivity contribution in [2.75, 3.05) is 0 Å². The number of aromatic nitrogens is 2. The lowest BCUT2D eigenvalue weighted by molar-refractivity contribution is 0.0950. The maximum atomic E-state index is 12.3. The largest absolute Gasteiger partial charge is 0.346 e. The van der Waals surface area contributed by atoms with Crippen LogP contribution in [0.25, 0.3) is 0 Å². The van der Waals surface area contributed by atoms with Crippen LogP contribution in [-0.2, 0) is 6.54 Å². The summed E-state index contributed by atoms with van der Waals surface area (Å²) in [7, 11) is 0. The molecule has 3 rings (SSSR count). The van der Waals surface area contributed by atoms with Gasteiger partial charge < -0.3 is 5.32 Å². The second-order valence-corrected chi connectivity index (χ2v) is 5.54. The van der Waals surface area contributed by atoms with E-state index in [1.165, 1.54) is 0 Å². The highest BCUT2D eigenvalue weighted by Crippen LogP contribution is 2.15. The van der Waals surface area contributed by atoms with Gasteiger partial charge in [0.15, 0.2) is 0 Å². The van der Waals surface area contributed by atoms with E-state index in [0.717, 1.165) is 0 Å². The highest BCUT2D eigenvalue weighted by Gasteiger charge is 2.14. The molecule has 1 heterocycles. The summed E-state index contributed by atoms with van der Waals surface area (Å²) in [4.78, 5) is 24.4. The molecule has 0 radical (unpaired) electrons. The van der Waals surface area contributed by atoms with Gasteiger partial charge in [-0.3, -0.25) is 14.7 Å². The van der Waals surface area contributed by atoms with Gasteiger partial charge in [-0.15, -0.1) is 0 Å². The number of carbonyl (C=O) groups is 2. The molecular formula is C18H14ClN3O2. The summed E-state index contributed by atoms with van der Waals surface area (Å²) in [6.45, 7) is 0.221. The van der Waals surface area contributed by atoms with Crippen molar-refractivity contribution in [2.24, 2.45) is 0 Å². The van der Waals surface area contributed by atoms with Crippen LogP contribution in [0.15, 0.2) is 60.7 Å². The Morgan fingerprint density at radius 3 is 2.50 bits per heavy atom. The second kappa shape index (κ2) is 7.10.